The van der Waals surface area contributed by atoms with E-state index in [0.29, 0.717) is 53.7 Å². The Morgan fingerprint density at radius 2 is 1.88 bits per heavy atom. The van der Waals surface area contributed by atoms with Crippen molar-refractivity contribution < 1.29 is 23.2 Å². The van der Waals surface area contributed by atoms with Crippen LogP contribution < -0.4 is 9.80 Å². The average Bonchev–Trinajstić information content (AvgIpc) is 3.60. The lowest BCUT2D eigenvalue weighted by atomic mass is 9.95. The van der Waals surface area contributed by atoms with Gasteiger partial charge in [0, 0.05) is 36.9 Å². The molecule has 2 aromatic heterocycles. The first-order valence-electron chi connectivity index (χ1n) is 13.6. The van der Waals surface area contributed by atoms with E-state index in [1.165, 1.54) is 29.4 Å². The lowest BCUT2D eigenvalue weighted by Crippen LogP contribution is -2.35. The minimum atomic E-state index is -0.595. The molecule has 0 spiro atoms. The highest BCUT2D eigenvalue weighted by Crippen LogP contribution is 2.38. The molecule has 0 unspecified atom stereocenters. The van der Waals surface area contributed by atoms with E-state index in [1.807, 2.05) is 18.7 Å². The summed E-state index contributed by atoms with van der Waals surface area (Å²) in [5.74, 6) is 0.854. The maximum atomic E-state index is 15.3. The van der Waals surface area contributed by atoms with Crippen molar-refractivity contribution in [2.45, 2.75) is 57.4 Å². The van der Waals surface area contributed by atoms with Crippen LogP contribution in [0, 0.1) is 11.6 Å². The third-order valence-corrected chi connectivity index (χ3v) is 7.88. The largest absolute Gasteiger partial charge is 0.394 e. The third-order valence-electron chi connectivity index (χ3n) is 7.88. The molecular weight excluding hydrogens is 518 g/mol. The van der Waals surface area contributed by atoms with Crippen molar-refractivity contribution in [3.8, 4) is 11.1 Å². The lowest BCUT2D eigenvalue weighted by molar-refractivity contribution is -0.117. The number of aliphatic hydroxyl groups is 1. The fourth-order valence-electron chi connectivity index (χ4n) is 5.71. The van der Waals surface area contributed by atoms with Gasteiger partial charge in [-0.25, -0.2) is 18.7 Å². The standard InChI is InChI=1S/C29H30F2N6O3/c1-16(2)29-34-27(35-40-29)17-9-11-36(12-10-17)28-25-21(30)6-5-20(26(25)32-15-33-28)18-3-7-23(22(31)13-18)37-19(14-38)4-8-24(37)39/h3,5-7,13,15-17,19,38H,4,8-12,14H2,1-2H3/t19-/m0/s1. The summed E-state index contributed by atoms with van der Waals surface area (Å²) >= 11 is 0. The predicted octanol–water partition coefficient (Wildman–Crippen LogP) is 4.95. The fourth-order valence-corrected chi connectivity index (χ4v) is 5.71. The van der Waals surface area contributed by atoms with E-state index in [0.717, 1.165) is 12.8 Å². The number of amides is 1. The molecule has 2 saturated heterocycles. The van der Waals surface area contributed by atoms with Crippen molar-refractivity contribution in [3.05, 3.63) is 60.0 Å². The fraction of sp³-hybridized carbons (Fsp3) is 0.414. The highest BCUT2D eigenvalue weighted by molar-refractivity contribution is 6.00. The minimum Gasteiger partial charge on any atom is -0.394 e. The number of aromatic nitrogens is 4. The molecule has 40 heavy (non-hydrogen) atoms. The molecule has 1 amide bonds. The molecule has 0 bridgehead atoms. The third kappa shape index (κ3) is 4.57. The number of benzene rings is 2. The number of rotatable bonds is 6. The number of anilines is 2. The summed E-state index contributed by atoms with van der Waals surface area (Å²) in [5.41, 5.74) is 1.56. The van der Waals surface area contributed by atoms with E-state index in [-0.39, 0.29) is 41.8 Å². The van der Waals surface area contributed by atoms with Gasteiger partial charge in [0.15, 0.2) is 5.82 Å². The van der Waals surface area contributed by atoms with Gasteiger partial charge in [-0.15, -0.1) is 0 Å². The Morgan fingerprint density at radius 1 is 1.07 bits per heavy atom. The number of hydrogen-bond acceptors (Lipinski definition) is 8. The Balaban J connectivity index is 1.30. The van der Waals surface area contributed by atoms with Crippen LogP contribution >= 0.6 is 0 Å². The maximum absolute atomic E-state index is 15.3. The Kier molecular flexibility index (Phi) is 6.91. The second-order valence-electron chi connectivity index (χ2n) is 10.7. The summed E-state index contributed by atoms with van der Waals surface area (Å²) in [4.78, 5) is 29.1. The van der Waals surface area contributed by atoms with Gasteiger partial charge in [0.2, 0.25) is 11.8 Å². The summed E-state index contributed by atoms with van der Waals surface area (Å²) in [6, 6.07) is 7.02. The van der Waals surface area contributed by atoms with Crippen LogP contribution in [-0.4, -0.2) is 56.9 Å². The van der Waals surface area contributed by atoms with Crippen LogP contribution in [0.5, 0.6) is 0 Å². The first-order chi connectivity index (χ1) is 19.4. The minimum absolute atomic E-state index is 0.122. The zero-order valence-corrected chi connectivity index (χ0v) is 22.3. The highest BCUT2D eigenvalue weighted by atomic mass is 19.1. The van der Waals surface area contributed by atoms with Crippen LogP contribution in [0.4, 0.5) is 20.3 Å². The van der Waals surface area contributed by atoms with Crippen molar-refractivity contribution in [2.24, 2.45) is 0 Å². The van der Waals surface area contributed by atoms with E-state index >= 15 is 8.78 Å². The van der Waals surface area contributed by atoms with Gasteiger partial charge in [0.1, 0.15) is 23.8 Å². The molecular formula is C29H30F2N6O3. The topological polar surface area (TPSA) is 108 Å². The van der Waals surface area contributed by atoms with Crippen LogP contribution in [0.15, 0.2) is 41.2 Å². The molecule has 2 fully saturated rings. The van der Waals surface area contributed by atoms with Gasteiger partial charge in [-0.3, -0.25) is 4.79 Å². The molecule has 4 heterocycles. The van der Waals surface area contributed by atoms with Crippen LogP contribution in [0.3, 0.4) is 0 Å². The summed E-state index contributed by atoms with van der Waals surface area (Å²) in [7, 11) is 0. The molecule has 0 radical (unpaired) electrons. The van der Waals surface area contributed by atoms with Crippen LogP contribution in [0.25, 0.3) is 22.0 Å². The summed E-state index contributed by atoms with van der Waals surface area (Å²) < 4.78 is 36.0. The molecule has 208 valence electrons. The lowest BCUT2D eigenvalue weighted by Gasteiger charge is -2.32. The van der Waals surface area contributed by atoms with Gasteiger partial charge in [-0.05, 0) is 49.1 Å². The summed E-state index contributed by atoms with van der Waals surface area (Å²) in [6.07, 6.45) is 3.67. The van der Waals surface area contributed by atoms with Crippen LogP contribution in [-0.2, 0) is 4.79 Å². The number of aliphatic hydroxyl groups excluding tert-OH is 1. The van der Waals surface area contributed by atoms with Crippen molar-refractivity contribution in [2.75, 3.05) is 29.5 Å². The smallest absolute Gasteiger partial charge is 0.229 e. The molecule has 2 aliphatic rings. The number of carbonyl (C=O) groups is 1. The van der Waals surface area contributed by atoms with Crippen LogP contribution in [0.1, 0.15) is 63.1 Å². The number of halogens is 2. The molecule has 11 heteroatoms. The molecule has 6 rings (SSSR count). The molecule has 2 aromatic carbocycles. The maximum Gasteiger partial charge on any atom is 0.229 e. The molecule has 0 saturated carbocycles. The van der Waals surface area contributed by atoms with Crippen molar-refractivity contribution in [3.63, 3.8) is 0 Å². The van der Waals surface area contributed by atoms with E-state index in [2.05, 4.69) is 20.1 Å². The number of nitrogens with zero attached hydrogens (tertiary/aromatic N) is 6. The molecule has 1 N–H and O–H groups in total. The van der Waals surface area contributed by atoms with Gasteiger partial charge >= 0.3 is 0 Å². The van der Waals surface area contributed by atoms with Gasteiger partial charge < -0.3 is 19.4 Å². The molecule has 1 atom stereocenters. The number of piperidine rings is 1. The number of hydrogen-bond donors (Lipinski definition) is 1. The quantitative estimate of drug-likeness (QED) is 0.361. The van der Waals surface area contributed by atoms with E-state index in [1.54, 1.807) is 12.1 Å². The Labute approximate surface area is 229 Å². The van der Waals surface area contributed by atoms with E-state index < -0.39 is 17.7 Å². The Bertz CT molecular complexity index is 1570. The Morgan fingerprint density at radius 3 is 2.58 bits per heavy atom. The zero-order valence-electron chi connectivity index (χ0n) is 22.3. The Hall–Kier alpha value is -3.99. The van der Waals surface area contributed by atoms with Crippen molar-refractivity contribution in [1.29, 1.82) is 0 Å². The molecule has 0 aliphatic carbocycles. The number of carbonyl (C=O) groups excluding carboxylic acids is 1. The monoisotopic (exact) mass is 548 g/mol. The SMILES string of the molecule is CC(C)c1nc(C2CCN(c3ncnc4c(-c5ccc(N6C(=O)CC[C@H]6CO)c(F)c5)ccc(F)c34)CC2)no1. The number of fused-ring (bicyclic) bond motifs is 1. The summed E-state index contributed by atoms with van der Waals surface area (Å²) in [5, 5.41) is 14.1. The molecule has 9 nitrogen and oxygen atoms in total. The van der Waals surface area contributed by atoms with Gasteiger partial charge in [0.05, 0.1) is 29.2 Å². The average molecular weight is 549 g/mol. The van der Waals surface area contributed by atoms with Crippen molar-refractivity contribution in [1.82, 2.24) is 20.1 Å². The second-order valence-corrected chi connectivity index (χ2v) is 10.7. The van der Waals surface area contributed by atoms with Gasteiger partial charge in [-0.1, -0.05) is 25.1 Å². The zero-order chi connectivity index (χ0) is 28.0. The normalized spacial score (nSPS) is 18.4. The predicted molar refractivity (Wildman–Crippen MR) is 145 cm³/mol. The van der Waals surface area contributed by atoms with E-state index in [9.17, 15) is 9.90 Å². The summed E-state index contributed by atoms with van der Waals surface area (Å²) in [6.45, 7) is 5.04. The van der Waals surface area contributed by atoms with Crippen LogP contribution in [0.2, 0.25) is 0 Å². The first kappa shape index (κ1) is 26.2. The van der Waals surface area contributed by atoms with Gasteiger partial charge in [0.25, 0.3) is 0 Å². The molecule has 2 aliphatic heterocycles. The van der Waals surface area contributed by atoms with Crippen molar-refractivity contribution >= 4 is 28.3 Å². The molecule has 4 aromatic rings. The van der Waals surface area contributed by atoms with E-state index in [4.69, 9.17) is 4.52 Å². The first-order valence-corrected chi connectivity index (χ1v) is 13.6. The van der Waals surface area contributed by atoms with Gasteiger partial charge in [-0.2, -0.15) is 4.98 Å². The second kappa shape index (κ2) is 10.5. The highest BCUT2D eigenvalue weighted by Gasteiger charge is 2.33.